The van der Waals surface area contributed by atoms with E-state index < -0.39 is 11.9 Å². The van der Waals surface area contributed by atoms with Crippen molar-refractivity contribution in [2.75, 3.05) is 7.11 Å². The second-order valence-corrected chi connectivity index (χ2v) is 7.04. The van der Waals surface area contributed by atoms with Gasteiger partial charge < -0.3 is 9.47 Å². The average molecular weight is 394 g/mol. The van der Waals surface area contributed by atoms with Crippen LogP contribution in [0.4, 0.5) is 0 Å². The van der Waals surface area contributed by atoms with Gasteiger partial charge in [0.2, 0.25) is 0 Å². The standard InChI is InChI=1S/C22H22N2O5/c1-14(2)12-24-20(25)18-7-5-4-6-17(18)19(23-24)22(27)29-13-15-8-10-16(11-9-15)21(26)28-3/h4-11,14H,12-13H2,1-3H3. The summed E-state index contributed by atoms with van der Waals surface area (Å²) in [6.45, 7) is 4.36. The Morgan fingerprint density at radius 2 is 1.66 bits per heavy atom. The first-order valence-corrected chi connectivity index (χ1v) is 9.25. The van der Waals surface area contributed by atoms with E-state index in [2.05, 4.69) is 9.84 Å². The molecule has 0 bridgehead atoms. The molecule has 0 aliphatic heterocycles. The molecule has 0 aliphatic rings. The van der Waals surface area contributed by atoms with Crippen LogP contribution in [0.25, 0.3) is 10.8 Å². The highest BCUT2D eigenvalue weighted by Crippen LogP contribution is 2.16. The minimum atomic E-state index is -0.615. The molecule has 29 heavy (non-hydrogen) atoms. The number of hydrogen-bond acceptors (Lipinski definition) is 6. The lowest BCUT2D eigenvalue weighted by atomic mass is 10.1. The lowest BCUT2D eigenvalue weighted by molar-refractivity contribution is 0.0463. The molecule has 3 rings (SSSR count). The number of benzene rings is 2. The quantitative estimate of drug-likeness (QED) is 0.597. The fourth-order valence-electron chi connectivity index (χ4n) is 2.93. The molecule has 3 aromatic rings. The maximum absolute atomic E-state index is 12.7. The smallest absolute Gasteiger partial charge is 0.359 e. The van der Waals surface area contributed by atoms with Crippen molar-refractivity contribution in [1.82, 2.24) is 9.78 Å². The zero-order valence-electron chi connectivity index (χ0n) is 16.5. The molecule has 0 spiro atoms. The normalized spacial score (nSPS) is 10.9. The lowest BCUT2D eigenvalue weighted by Crippen LogP contribution is -2.28. The van der Waals surface area contributed by atoms with Gasteiger partial charge in [-0.1, -0.05) is 44.2 Å². The number of nitrogens with zero attached hydrogens (tertiary/aromatic N) is 2. The van der Waals surface area contributed by atoms with Gasteiger partial charge in [-0.3, -0.25) is 4.79 Å². The van der Waals surface area contributed by atoms with Crippen molar-refractivity contribution in [3.63, 3.8) is 0 Å². The van der Waals surface area contributed by atoms with E-state index in [1.54, 1.807) is 48.5 Å². The van der Waals surface area contributed by atoms with Gasteiger partial charge in [-0.05, 0) is 29.7 Å². The van der Waals surface area contributed by atoms with Crippen molar-refractivity contribution < 1.29 is 19.1 Å². The lowest BCUT2D eigenvalue weighted by Gasteiger charge is -2.12. The van der Waals surface area contributed by atoms with Crippen molar-refractivity contribution in [1.29, 1.82) is 0 Å². The Labute approximate surface area is 167 Å². The molecule has 7 heteroatoms. The largest absolute Gasteiger partial charge is 0.465 e. The molecule has 0 atom stereocenters. The van der Waals surface area contributed by atoms with E-state index >= 15 is 0 Å². The zero-order chi connectivity index (χ0) is 21.0. The number of carbonyl (C=O) groups is 2. The van der Waals surface area contributed by atoms with Crippen LogP contribution >= 0.6 is 0 Å². The first-order valence-electron chi connectivity index (χ1n) is 9.25. The van der Waals surface area contributed by atoms with Crippen molar-refractivity contribution in [3.05, 3.63) is 75.7 Å². The Kier molecular flexibility index (Phi) is 6.07. The highest BCUT2D eigenvalue weighted by atomic mass is 16.5. The molecular formula is C22H22N2O5. The first-order chi connectivity index (χ1) is 13.9. The van der Waals surface area contributed by atoms with E-state index in [1.807, 2.05) is 13.8 Å². The minimum absolute atomic E-state index is 0.0135. The number of rotatable bonds is 6. The number of aromatic nitrogens is 2. The maximum Gasteiger partial charge on any atom is 0.359 e. The second-order valence-electron chi connectivity index (χ2n) is 7.04. The van der Waals surface area contributed by atoms with Crippen LogP contribution in [0.5, 0.6) is 0 Å². The Morgan fingerprint density at radius 3 is 2.28 bits per heavy atom. The summed E-state index contributed by atoms with van der Waals surface area (Å²) < 4.78 is 11.4. The number of methoxy groups -OCH3 is 1. The van der Waals surface area contributed by atoms with Crippen molar-refractivity contribution >= 4 is 22.7 Å². The van der Waals surface area contributed by atoms with Gasteiger partial charge in [0.05, 0.1) is 18.1 Å². The van der Waals surface area contributed by atoms with Gasteiger partial charge in [-0.15, -0.1) is 0 Å². The van der Waals surface area contributed by atoms with Crippen LogP contribution in [-0.2, 0) is 22.6 Å². The van der Waals surface area contributed by atoms with Crippen LogP contribution in [-0.4, -0.2) is 28.8 Å². The average Bonchev–Trinajstić information content (AvgIpc) is 2.73. The van der Waals surface area contributed by atoms with Crippen LogP contribution in [0.15, 0.2) is 53.3 Å². The minimum Gasteiger partial charge on any atom is -0.465 e. The fraction of sp³-hybridized carbons (Fsp3) is 0.273. The molecule has 150 valence electrons. The number of hydrogen-bond donors (Lipinski definition) is 0. The summed E-state index contributed by atoms with van der Waals surface area (Å²) in [6, 6.07) is 13.4. The monoisotopic (exact) mass is 394 g/mol. The second kappa shape index (κ2) is 8.68. The Bertz CT molecular complexity index is 1100. The first kappa shape index (κ1) is 20.3. The SMILES string of the molecule is COC(=O)c1ccc(COC(=O)c2nn(CC(C)C)c(=O)c3ccccc23)cc1. The molecule has 0 radical (unpaired) electrons. The number of esters is 2. The Hall–Kier alpha value is -3.48. The molecule has 0 unspecified atom stereocenters. The maximum atomic E-state index is 12.7. The number of ether oxygens (including phenoxy) is 2. The molecule has 0 saturated carbocycles. The molecule has 0 saturated heterocycles. The molecular weight excluding hydrogens is 372 g/mol. The summed E-state index contributed by atoms with van der Waals surface area (Å²) in [5, 5.41) is 5.16. The molecule has 0 aliphatic carbocycles. The van der Waals surface area contributed by atoms with Gasteiger partial charge in [-0.25, -0.2) is 14.3 Å². The third-order valence-corrected chi connectivity index (χ3v) is 4.34. The summed E-state index contributed by atoms with van der Waals surface area (Å²) in [4.78, 5) is 36.9. The van der Waals surface area contributed by atoms with Gasteiger partial charge in [-0.2, -0.15) is 5.10 Å². The highest BCUT2D eigenvalue weighted by Gasteiger charge is 2.18. The Morgan fingerprint density at radius 1 is 1.00 bits per heavy atom. The van der Waals surface area contributed by atoms with Gasteiger partial charge >= 0.3 is 11.9 Å². The summed E-state index contributed by atoms with van der Waals surface area (Å²) in [6.07, 6.45) is 0. The van der Waals surface area contributed by atoms with E-state index in [1.165, 1.54) is 11.8 Å². The van der Waals surface area contributed by atoms with E-state index in [4.69, 9.17) is 4.74 Å². The van der Waals surface area contributed by atoms with Crippen molar-refractivity contribution in [2.24, 2.45) is 5.92 Å². The summed E-state index contributed by atoms with van der Waals surface area (Å²) in [5.74, 6) is -0.856. The predicted octanol–water partition coefficient (Wildman–Crippen LogP) is 3.20. The molecule has 1 heterocycles. The van der Waals surface area contributed by atoms with Crippen LogP contribution < -0.4 is 5.56 Å². The van der Waals surface area contributed by atoms with Gasteiger partial charge in [0.1, 0.15) is 6.61 Å². The van der Waals surface area contributed by atoms with E-state index in [9.17, 15) is 14.4 Å². The Balaban J connectivity index is 1.86. The van der Waals surface area contributed by atoms with Gasteiger partial charge in [0.15, 0.2) is 5.69 Å². The molecule has 2 aromatic carbocycles. The molecule has 0 N–H and O–H groups in total. The zero-order valence-corrected chi connectivity index (χ0v) is 16.5. The van der Waals surface area contributed by atoms with E-state index in [0.29, 0.717) is 28.4 Å². The van der Waals surface area contributed by atoms with Crippen molar-refractivity contribution in [3.8, 4) is 0 Å². The summed E-state index contributed by atoms with van der Waals surface area (Å²) in [5.41, 5.74) is 0.998. The van der Waals surface area contributed by atoms with E-state index in [0.717, 1.165) is 0 Å². The molecule has 7 nitrogen and oxygen atoms in total. The third kappa shape index (κ3) is 4.51. The highest BCUT2D eigenvalue weighted by molar-refractivity contribution is 6.02. The molecule has 0 amide bonds. The molecule has 1 aromatic heterocycles. The van der Waals surface area contributed by atoms with Crippen molar-refractivity contribution in [2.45, 2.75) is 27.0 Å². The van der Waals surface area contributed by atoms with Crippen LogP contribution in [0.1, 0.15) is 40.3 Å². The third-order valence-electron chi connectivity index (χ3n) is 4.34. The topological polar surface area (TPSA) is 87.5 Å². The van der Waals surface area contributed by atoms with Crippen LogP contribution in [0.2, 0.25) is 0 Å². The van der Waals surface area contributed by atoms with Crippen LogP contribution in [0.3, 0.4) is 0 Å². The summed E-state index contributed by atoms with van der Waals surface area (Å²) in [7, 11) is 1.31. The van der Waals surface area contributed by atoms with Gasteiger partial charge in [0.25, 0.3) is 5.56 Å². The van der Waals surface area contributed by atoms with Gasteiger partial charge in [0, 0.05) is 11.9 Å². The van der Waals surface area contributed by atoms with Crippen LogP contribution in [0, 0.1) is 5.92 Å². The number of carbonyl (C=O) groups excluding carboxylic acids is 2. The number of fused-ring (bicyclic) bond motifs is 1. The molecule has 0 fully saturated rings. The van der Waals surface area contributed by atoms with E-state index in [-0.39, 0.29) is 23.8 Å². The summed E-state index contributed by atoms with van der Waals surface area (Å²) >= 11 is 0. The fourth-order valence-corrected chi connectivity index (χ4v) is 2.93. The predicted molar refractivity (Wildman–Crippen MR) is 108 cm³/mol.